The van der Waals surface area contributed by atoms with Gasteiger partial charge in [-0.3, -0.25) is 4.79 Å². The molecule has 0 aromatic rings. The molecule has 0 saturated carbocycles. The van der Waals surface area contributed by atoms with Crippen LogP contribution in [-0.4, -0.2) is 12.6 Å². The summed E-state index contributed by atoms with van der Waals surface area (Å²) in [7, 11) is 0. The number of allylic oxidation sites excluding steroid dienone is 5. The summed E-state index contributed by atoms with van der Waals surface area (Å²) in [5.74, 6) is -0.0717. The third-order valence-corrected chi connectivity index (χ3v) is 3.78. The van der Waals surface area contributed by atoms with Crippen molar-refractivity contribution in [1.29, 1.82) is 0 Å². The molecule has 0 spiro atoms. The number of rotatable bonds is 12. The van der Waals surface area contributed by atoms with Crippen LogP contribution in [0.3, 0.4) is 0 Å². The number of hydrogen-bond donors (Lipinski definition) is 0. The van der Waals surface area contributed by atoms with Crippen molar-refractivity contribution in [3.05, 3.63) is 34.9 Å². The predicted octanol–water partition coefficient (Wildman–Crippen LogP) is 6.53. The summed E-state index contributed by atoms with van der Waals surface area (Å²) < 4.78 is 5.22. The highest BCUT2D eigenvalue weighted by Crippen LogP contribution is 2.11. The summed E-state index contributed by atoms with van der Waals surface area (Å²) in [4.78, 5) is 11.5. The van der Waals surface area contributed by atoms with Crippen LogP contribution in [0.5, 0.6) is 0 Å². The minimum Gasteiger partial charge on any atom is -0.461 e. The van der Waals surface area contributed by atoms with Crippen LogP contribution in [0.1, 0.15) is 86.0 Å². The van der Waals surface area contributed by atoms with Gasteiger partial charge in [-0.15, -0.1) is 0 Å². The van der Waals surface area contributed by atoms with Crippen LogP contribution in [0.4, 0.5) is 0 Å². The second kappa shape index (κ2) is 14.3. The molecule has 0 aromatic carbocycles. The van der Waals surface area contributed by atoms with Gasteiger partial charge in [0.2, 0.25) is 0 Å². The number of esters is 1. The summed E-state index contributed by atoms with van der Waals surface area (Å²) in [5, 5.41) is 0. The molecule has 0 heterocycles. The van der Waals surface area contributed by atoms with E-state index in [4.69, 9.17) is 4.74 Å². The van der Waals surface area contributed by atoms with Crippen molar-refractivity contribution in [2.75, 3.05) is 6.61 Å². The van der Waals surface area contributed by atoms with E-state index in [-0.39, 0.29) is 5.97 Å². The molecule has 0 aliphatic heterocycles. The van der Waals surface area contributed by atoms with E-state index in [1.54, 1.807) is 0 Å². The van der Waals surface area contributed by atoms with Crippen LogP contribution < -0.4 is 0 Å². The van der Waals surface area contributed by atoms with Crippen molar-refractivity contribution >= 4 is 5.97 Å². The van der Waals surface area contributed by atoms with Gasteiger partial charge in [-0.25, -0.2) is 0 Å². The third-order valence-electron chi connectivity index (χ3n) is 3.78. The topological polar surface area (TPSA) is 26.3 Å². The van der Waals surface area contributed by atoms with Crippen LogP contribution in [-0.2, 0) is 9.53 Å². The lowest BCUT2D eigenvalue weighted by molar-refractivity contribution is -0.142. The van der Waals surface area contributed by atoms with Gasteiger partial charge in [0.1, 0.15) is 6.61 Å². The fraction of sp³-hybridized carbons (Fsp3) is 0.667. The zero-order chi connectivity index (χ0) is 17.5. The summed E-state index contributed by atoms with van der Waals surface area (Å²) in [6, 6.07) is 0. The van der Waals surface area contributed by atoms with Gasteiger partial charge in [0, 0.05) is 6.42 Å². The van der Waals surface area contributed by atoms with Gasteiger partial charge in [0.25, 0.3) is 0 Å². The van der Waals surface area contributed by atoms with E-state index in [0.717, 1.165) is 44.9 Å². The number of ether oxygens (including phenoxy) is 1. The molecule has 0 aromatic heterocycles. The number of carbonyl (C=O) groups excluding carboxylic acids is 1. The zero-order valence-electron chi connectivity index (χ0n) is 15.9. The number of unbranched alkanes of at least 4 members (excludes halogenated alkanes) is 2. The van der Waals surface area contributed by atoms with E-state index in [1.165, 1.54) is 16.7 Å². The lowest BCUT2D eigenvalue weighted by Gasteiger charge is -2.04. The van der Waals surface area contributed by atoms with E-state index in [9.17, 15) is 4.79 Å². The molecule has 2 nitrogen and oxygen atoms in total. The SMILES string of the molecule is CCCCCC(=O)OC/C=C(\C)CC/C=C(\C)CCC=C(C)C. The second-order valence-electron chi connectivity index (χ2n) is 6.60. The Hall–Kier alpha value is -1.31. The van der Waals surface area contributed by atoms with Crippen LogP contribution in [0.15, 0.2) is 34.9 Å². The van der Waals surface area contributed by atoms with Crippen molar-refractivity contribution < 1.29 is 9.53 Å². The average Bonchev–Trinajstić information content (AvgIpc) is 2.47. The molecule has 0 radical (unpaired) electrons. The maximum Gasteiger partial charge on any atom is 0.306 e. The van der Waals surface area contributed by atoms with E-state index < -0.39 is 0 Å². The minimum atomic E-state index is -0.0717. The van der Waals surface area contributed by atoms with Crippen molar-refractivity contribution in [3.63, 3.8) is 0 Å². The van der Waals surface area contributed by atoms with Gasteiger partial charge >= 0.3 is 5.97 Å². The molecule has 132 valence electrons. The van der Waals surface area contributed by atoms with E-state index in [1.807, 2.05) is 6.08 Å². The minimum absolute atomic E-state index is 0.0717. The van der Waals surface area contributed by atoms with Crippen molar-refractivity contribution in [2.45, 2.75) is 86.0 Å². The smallest absolute Gasteiger partial charge is 0.306 e. The van der Waals surface area contributed by atoms with Gasteiger partial charge in [-0.1, -0.05) is 48.6 Å². The fourth-order valence-electron chi connectivity index (χ4n) is 2.21. The predicted molar refractivity (Wildman–Crippen MR) is 101 cm³/mol. The van der Waals surface area contributed by atoms with Crippen molar-refractivity contribution in [2.24, 2.45) is 0 Å². The Morgan fingerprint density at radius 1 is 0.826 bits per heavy atom. The highest BCUT2D eigenvalue weighted by atomic mass is 16.5. The average molecular weight is 321 g/mol. The molecular weight excluding hydrogens is 284 g/mol. The molecule has 0 bridgehead atoms. The van der Waals surface area contributed by atoms with Crippen LogP contribution in [0.25, 0.3) is 0 Å². The quantitative estimate of drug-likeness (QED) is 0.232. The Kier molecular flexibility index (Phi) is 13.5. The molecule has 0 atom stereocenters. The van der Waals surface area contributed by atoms with Crippen LogP contribution in [0.2, 0.25) is 0 Å². The monoisotopic (exact) mass is 320 g/mol. The highest BCUT2D eigenvalue weighted by Gasteiger charge is 2.00. The van der Waals surface area contributed by atoms with Gasteiger partial charge in [0.15, 0.2) is 0 Å². The second-order valence-corrected chi connectivity index (χ2v) is 6.60. The Labute approximate surface area is 143 Å². The molecule has 0 fully saturated rings. The van der Waals surface area contributed by atoms with Crippen molar-refractivity contribution in [3.8, 4) is 0 Å². The number of hydrogen-bond acceptors (Lipinski definition) is 2. The summed E-state index contributed by atoms with van der Waals surface area (Å²) >= 11 is 0. The maximum absolute atomic E-state index is 11.5. The van der Waals surface area contributed by atoms with E-state index >= 15 is 0 Å². The van der Waals surface area contributed by atoms with Gasteiger partial charge in [-0.05, 0) is 65.9 Å². The maximum atomic E-state index is 11.5. The molecule has 0 saturated heterocycles. The molecular formula is C21H36O2. The first kappa shape index (κ1) is 21.7. The van der Waals surface area contributed by atoms with E-state index in [0.29, 0.717) is 13.0 Å². The van der Waals surface area contributed by atoms with Crippen molar-refractivity contribution in [1.82, 2.24) is 0 Å². The molecule has 2 heteroatoms. The Morgan fingerprint density at radius 2 is 1.43 bits per heavy atom. The first-order chi connectivity index (χ1) is 11.0. The molecule has 0 unspecified atom stereocenters. The summed E-state index contributed by atoms with van der Waals surface area (Å²) in [6.07, 6.45) is 14.7. The molecule has 0 rings (SSSR count). The lowest BCUT2D eigenvalue weighted by atomic mass is 10.1. The largest absolute Gasteiger partial charge is 0.461 e. The standard InChI is InChI=1S/C21H36O2/c1-6-7-8-15-21(22)23-17-16-20(5)14-10-13-19(4)12-9-11-18(2)3/h11,13,16H,6-10,12,14-15,17H2,1-5H3/b19-13+,20-16+. The molecule has 0 aliphatic rings. The Morgan fingerprint density at radius 3 is 2.04 bits per heavy atom. The fourth-order valence-corrected chi connectivity index (χ4v) is 2.21. The number of carbonyl (C=O) groups is 1. The highest BCUT2D eigenvalue weighted by molar-refractivity contribution is 5.69. The molecule has 0 amide bonds. The van der Waals surface area contributed by atoms with Gasteiger partial charge in [-0.2, -0.15) is 0 Å². The Balaban J connectivity index is 3.85. The van der Waals surface area contributed by atoms with Gasteiger partial charge in [0.05, 0.1) is 0 Å². The third kappa shape index (κ3) is 15.4. The molecule has 23 heavy (non-hydrogen) atoms. The summed E-state index contributed by atoms with van der Waals surface area (Å²) in [5.41, 5.74) is 4.14. The van der Waals surface area contributed by atoms with E-state index in [2.05, 4.69) is 46.8 Å². The first-order valence-corrected chi connectivity index (χ1v) is 9.06. The van der Waals surface area contributed by atoms with Crippen LogP contribution >= 0.6 is 0 Å². The van der Waals surface area contributed by atoms with Gasteiger partial charge < -0.3 is 4.74 Å². The van der Waals surface area contributed by atoms with Crippen LogP contribution in [0, 0.1) is 0 Å². The molecule has 0 N–H and O–H groups in total. The lowest BCUT2D eigenvalue weighted by Crippen LogP contribution is -2.04. The zero-order valence-corrected chi connectivity index (χ0v) is 15.9. The normalized spacial score (nSPS) is 12.2. The first-order valence-electron chi connectivity index (χ1n) is 9.06. The Bertz CT molecular complexity index is 410. The molecule has 0 aliphatic carbocycles. The summed E-state index contributed by atoms with van der Waals surface area (Å²) in [6.45, 7) is 11.1.